The minimum atomic E-state index is -0.459. The molecule has 1 aliphatic rings. The largest absolute Gasteiger partial charge is 0.357 e. The molecule has 40 heavy (non-hydrogen) atoms. The summed E-state index contributed by atoms with van der Waals surface area (Å²) in [4.78, 5) is 43.3. The molecule has 2 aromatic carbocycles. The van der Waals surface area contributed by atoms with Crippen molar-refractivity contribution in [2.24, 2.45) is 0 Å². The second kappa shape index (κ2) is 11.3. The van der Waals surface area contributed by atoms with Crippen LogP contribution in [0.5, 0.6) is 0 Å². The molecule has 5 rings (SSSR count). The van der Waals surface area contributed by atoms with Crippen molar-refractivity contribution < 1.29 is 18.8 Å². The Morgan fingerprint density at radius 3 is 2.67 bits per heavy atom. The van der Waals surface area contributed by atoms with Gasteiger partial charge in [-0.05, 0) is 59.7 Å². The monoisotopic (exact) mass is 559 g/mol. The van der Waals surface area contributed by atoms with Gasteiger partial charge in [-0.2, -0.15) is 5.10 Å². The van der Waals surface area contributed by atoms with Gasteiger partial charge in [0.25, 0.3) is 11.8 Å². The maximum Gasteiger partial charge on any atom is 0.276 e. The summed E-state index contributed by atoms with van der Waals surface area (Å²) in [5.41, 5.74) is 3.98. The first-order chi connectivity index (χ1) is 19.2. The van der Waals surface area contributed by atoms with Gasteiger partial charge in [0.1, 0.15) is 11.5 Å². The summed E-state index contributed by atoms with van der Waals surface area (Å²) in [5, 5.41) is 7.96. The molecule has 0 saturated carbocycles. The lowest BCUT2D eigenvalue weighted by atomic mass is 9.95. The van der Waals surface area contributed by atoms with Gasteiger partial charge >= 0.3 is 0 Å². The van der Waals surface area contributed by atoms with E-state index in [1.54, 1.807) is 58.2 Å². The molecule has 1 atom stereocenters. The molecule has 0 radical (unpaired) electrons. The fraction of sp³-hybridized carbons (Fsp3) is 0.200. The molecule has 0 bridgehead atoms. The van der Waals surface area contributed by atoms with Crippen LogP contribution in [0.2, 0.25) is 5.02 Å². The normalized spacial score (nSPS) is 14.5. The van der Waals surface area contributed by atoms with E-state index >= 15 is 0 Å². The summed E-state index contributed by atoms with van der Waals surface area (Å²) >= 11 is 6.26. The molecule has 0 unspecified atom stereocenters. The second-order valence-electron chi connectivity index (χ2n) is 9.77. The fourth-order valence-corrected chi connectivity index (χ4v) is 5.17. The number of anilines is 1. The summed E-state index contributed by atoms with van der Waals surface area (Å²) in [6.45, 7) is 6.45. The molecule has 1 aliphatic heterocycles. The lowest BCUT2D eigenvalue weighted by Crippen LogP contribution is -2.38. The number of aromatic nitrogens is 3. The summed E-state index contributed by atoms with van der Waals surface area (Å²) in [6, 6.07) is 14.5. The Labute approximate surface area is 235 Å². The van der Waals surface area contributed by atoms with E-state index in [2.05, 4.69) is 22.0 Å². The Balaban J connectivity index is 1.49. The summed E-state index contributed by atoms with van der Waals surface area (Å²) in [7, 11) is 0. The van der Waals surface area contributed by atoms with Crippen LogP contribution in [-0.4, -0.2) is 43.8 Å². The van der Waals surface area contributed by atoms with Crippen molar-refractivity contribution in [1.29, 1.82) is 0 Å². The number of rotatable bonds is 8. The van der Waals surface area contributed by atoms with Crippen LogP contribution in [0.1, 0.15) is 56.2 Å². The van der Waals surface area contributed by atoms with Gasteiger partial charge in [-0.1, -0.05) is 37.2 Å². The zero-order valence-corrected chi connectivity index (χ0v) is 22.5. The third kappa shape index (κ3) is 5.60. The molecule has 0 saturated heterocycles. The van der Waals surface area contributed by atoms with Crippen LogP contribution in [0.15, 0.2) is 73.4 Å². The molecule has 2 aromatic heterocycles. The van der Waals surface area contributed by atoms with Gasteiger partial charge in [-0.25, -0.2) is 4.39 Å². The van der Waals surface area contributed by atoms with E-state index in [4.69, 9.17) is 11.6 Å². The molecular formula is C30H27ClFN5O3. The number of nitrogens with one attached hydrogen (secondary N) is 2. The summed E-state index contributed by atoms with van der Waals surface area (Å²) in [6.07, 6.45) is 2.97. The van der Waals surface area contributed by atoms with Crippen LogP contribution in [0.25, 0.3) is 0 Å². The highest BCUT2D eigenvalue weighted by molar-refractivity contribution is 6.31. The topological polar surface area (TPSA) is 100 Å². The predicted octanol–water partition coefficient (Wildman–Crippen LogP) is 5.36. The maximum absolute atomic E-state index is 13.6. The van der Waals surface area contributed by atoms with Gasteiger partial charge in [-0.3, -0.25) is 19.1 Å². The second-order valence-corrected chi connectivity index (χ2v) is 10.2. The number of amides is 2. The minimum Gasteiger partial charge on any atom is -0.357 e. The van der Waals surface area contributed by atoms with E-state index in [0.717, 1.165) is 11.3 Å². The molecule has 0 fully saturated rings. The van der Waals surface area contributed by atoms with Crippen molar-refractivity contribution in [1.82, 2.24) is 19.7 Å². The zero-order chi connectivity index (χ0) is 28.4. The van der Waals surface area contributed by atoms with Gasteiger partial charge in [0.2, 0.25) is 0 Å². The molecule has 2 amide bonds. The van der Waals surface area contributed by atoms with Crippen molar-refractivity contribution in [2.75, 3.05) is 11.9 Å². The number of carbonyl (C=O) groups is 3. The Kier molecular flexibility index (Phi) is 7.66. The molecule has 4 aromatic rings. The van der Waals surface area contributed by atoms with Crippen molar-refractivity contribution in [3.8, 4) is 0 Å². The fourth-order valence-electron chi connectivity index (χ4n) is 4.98. The predicted molar refractivity (Wildman–Crippen MR) is 150 cm³/mol. The number of benzene rings is 2. The molecule has 204 valence electrons. The number of nitrogens with zero attached hydrogens (tertiary/aromatic N) is 3. The standard InChI is InChI=1S/C30H27ClFN5O3/c1-3-23(38)14-20-13-22(10-11-25(20)31)34-29(39)27-24-17-36(30(40)26-5-4-12-33-26)15-18(2)28(24)37(35-27)16-19-6-8-21(32)9-7-19/h3-13,18,33H,1,14-17H2,2H3,(H,34,39)/t18-/m1/s1. The number of H-pyrrole nitrogens is 1. The van der Waals surface area contributed by atoms with Crippen LogP contribution in [0.3, 0.4) is 0 Å². The van der Waals surface area contributed by atoms with Gasteiger partial charge in [0.05, 0.1) is 13.1 Å². The van der Waals surface area contributed by atoms with Crippen molar-refractivity contribution in [2.45, 2.75) is 32.4 Å². The quantitative estimate of drug-likeness (QED) is 0.284. The summed E-state index contributed by atoms with van der Waals surface area (Å²) < 4.78 is 15.3. The smallest absolute Gasteiger partial charge is 0.276 e. The number of aromatic amines is 1. The van der Waals surface area contributed by atoms with Crippen LogP contribution in [0.4, 0.5) is 10.1 Å². The zero-order valence-electron chi connectivity index (χ0n) is 21.8. The average Bonchev–Trinajstić information content (AvgIpc) is 3.60. The van der Waals surface area contributed by atoms with E-state index in [1.807, 2.05) is 6.92 Å². The van der Waals surface area contributed by atoms with E-state index in [1.165, 1.54) is 18.2 Å². The summed E-state index contributed by atoms with van der Waals surface area (Å²) in [5.74, 6) is -1.28. The van der Waals surface area contributed by atoms with E-state index in [-0.39, 0.29) is 42.1 Å². The maximum atomic E-state index is 13.6. The minimum absolute atomic E-state index is 0.0566. The van der Waals surface area contributed by atoms with Gasteiger partial charge < -0.3 is 15.2 Å². The molecule has 10 heteroatoms. The number of hydrogen-bond donors (Lipinski definition) is 2. The first-order valence-electron chi connectivity index (χ1n) is 12.7. The highest BCUT2D eigenvalue weighted by Gasteiger charge is 2.34. The van der Waals surface area contributed by atoms with E-state index < -0.39 is 5.91 Å². The van der Waals surface area contributed by atoms with E-state index in [0.29, 0.717) is 40.6 Å². The van der Waals surface area contributed by atoms with Gasteiger partial charge in [0, 0.05) is 47.0 Å². The molecule has 2 N–H and O–H groups in total. The number of fused-ring (bicyclic) bond motifs is 1. The first-order valence-corrected chi connectivity index (χ1v) is 13.1. The van der Waals surface area contributed by atoms with E-state index in [9.17, 15) is 18.8 Å². The lowest BCUT2D eigenvalue weighted by molar-refractivity contribution is -0.114. The number of carbonyl (C=O) groups excluding carboxylic acids is 3. The lowest BCUT2D eigenvalue weighted by Gasteiger charge is -2.32. The number of halogens is 2. The highest BCUT2D eigenvalue weighted by Crippen LogP contribution is 2.32. The Morgan fingerprint density at radius 2 is 1.98 bits per heavy atom. The van der Waals surface area contributed by atoms with Gasteiger partial charge in [-0.15, -0.1) is 0 Å². The first kappa shape index (κ1) is 27.1. The Morgan fingerprint density at radius 1 is 1.20 bits per heavy atom. The van der Waals surface area contributed by atoms with Crippen molar-refractivity contribution >= 4 is 34.9 Å². The number of allylic oxidation sites excluding steroid dienone is 1. The molecule has 8 nitrogen and oxygen atoms in total. The molecule has 0 spiro atoms. The highest BCUT2D eigenvalue weighted by atomic mass is 35.5. The SMILES string of the molecule is C=CC(=O)Cc1cc(NC(=O)c2nn(Cc3ccc(F)cc3)c3c2CN(C(=O)c2ccc[nH]2)C[C@H]3C)ccc1Cl. The Hall–Kier alpha value is -4.50. The third-order valence-corrected chi connectivity index (χ3v) is 7.24. The van der Waals surface area contributed by atoms with Gasteiger partial charge in [0.15, 0.2) is 11.5 Å². The Bertz CT molecular complexity index is 1590. The van der Waals surface area contributed by atoms with Crippen molar-refractivity contribution in [3.05, 3.63) is 118 Å². The molecular weight excluding hydrogens is 533 g/mol. The van der Waals surface area contributed by atoms with Crippen LogP contribution < -0.4 is 5.32 Å². The number of hydrogen-bond acceptors (Lipinski definition) is 4. The molecule has 0 aliphatic carbocycles. The number of ketones is 1. The van der Waals surface area contributed by atoms with Crippen LogP contribution in [-0.2, 0) is 24.3 Å². The third-order valence-electron chi connectivity index (χ3n) is 6.88. The van der Waals surface area contributed by atoms with Crippen LogP contribution >= 0.6 is 11.6 Å². The van der Waals surface area contributed by atoms with Crippen LogP contribution in [0, 0.1) is 5.82 Å². The average molecular weight is 560 g/mol. The van der Waals surface area contributed by atoms with Crippen molar-refractivity contribution in [3.63, 3.8) is 0 Å². The molecule has 3 heterocycles.